The van der Waals surface area contributed by atoms with E-state index in [4.69, 9.17) is 14.5 Å². The number of methoxy groups -OCH3 is 1. The third kappa shape index (κ3) is 8.06. The van der Waals surface area contributed by atoms with Crippen LogP contribution in [0.1, 0.15) is 63.4 Å². The zero-order valence-corrected chi connectivity index (χ0v) is 33.3. The van der Waals surface area contributed by atoms with Crippen molar-refractivity contribution in [2.45, 2.75) is 93.7 Å². The van der Waals surface area contributed by atoms with Gasteiger partial charge in [-0.15, -0.1) is 11.3 Å². The van der Waals surface area contributed by atoms with Gasteiger partial charge >= 0.3 is 0 Å². The molecular weight excluding hydrogens is 772 g/mol. The summed E-state index contributed by atoms with van der Waals surface area (Å²) >= 11 is 1.43. The van der Waals surface area contributed by atoms with Crippen LogP contribution in [0, 0.1) is 18.7 Å². The number of rotatable bonds is 9. The van der Waals surface area contributed by atoms with Gasteiger partial charge in [0.15, 0.2) is 0 Å². The van der Waals surface area contributed by atoms with Crippen LogP contribution in [0.15, 0.2) is 66.2 Å². The Morgan fingerprint density at radius 3 is 2.61 bits per heavy atom. The van der Waals surface area contributed by atoms with E-state index in [1.165, 1.54) is 28.4 Å². The van der Waals surface area contributed by atoms with Crippen LogP contribution in [0.4, 0.5) is 10.1 Å². The second kappa shape index (κ2) is 15.7. The average molecular weight is 817 g/mol. The number of aryl methyl sites for hydroxylation is 1. The van der Waals surface area contributed by atoms with Crippen LogP contribution in [0.3, 0.4) is 0 Å². The number of pyridine rings is 1. The number of fused-ring (bicyclic) bond motifs is 3. The highest BCUT2D eigenvalue weighted by atomic mass is 32.2. The van der Waals surface area contributed by atoms with E-state index in [-0.39, 0.29) is 25.3 Å². The van der Waals surface area contributed by atoms with E-state index >= 15 is 0 Å². The van der Waals surface area contributed by atoms with E-state index in [9.17, 15) is 27.2 Å². The molecule has 300 valence electrons. The number of halogens is 1. The fourth-order valence-corrected chi connectivity index (χ4v) is 9.89. The summed E-state index contributed by atoms with van der Waals surface area (Å²) in [5.41, 5.74) is 1.12. The number of amides is 3. The maximum absolute atomic E-state index is 14.7. The number of nitrogens with zero attached hydrogens (tertiary/aromatic N) is 3. The summed E-state index contributed by atoms with van der Waals surface area (Å²) in [6, 6.07) is 9.47. The molecule has 4 aromatic rings. The molecule has 3 N–H and O–H groups in total. The molecule has 0 unspecified atom stereocenters. The maximum Gasteiger partial charge on any atom is 0.259 e. The van der Waals surface area contributed by atoms with Gasteiger partial charge in [-0.3, -0.25) is 19.1 Å². The van der Waals surface area contributed by atoms with Crippen molar-refractivity contribution in [3.05, 3.63) is 77.6 Å². The first-order chi connectivity index (χ1) is 27.5. The molecule has 0 radical (unpaired) electrons. The normalized spacial score (nSPS) is 25.4. The number of aromatic nitrogens is 2. The van der Waals surface area contributed by atoms with Crippen molar-refractivity contribution < 1.29 is 36.7 Å². The first kappa shape index (κ1) is 38.8. The van der Waals surface area contributed by atoms with E-state index in [1.807, 2.05) is 42.7 Å². The van der Waals surface area contributed by atoms with Gasteiger partial charge in [-0.05, 0) is 81.8 Å². The second-order valence-corrected chi connectivity index (χ2v) is 18.2. The third-order valence-electron chi connectivity index (χ3n) is 11.3. The minimum Gasteiger partial charge on any atom is -0.496 e. The van der Waals surface area contributed by atoms with Gasteiger partial charge in [-0.1, -0.05) is 25.0 Å². The van der Waals surface area contributed by atoms with Crippen molar-refractivity contribution in [2.24, 2.45) is 5.92 Å². The molecule has 13 nitrogen and oxygen atoms in total. The molecule has 4 heterocycles. The molecule has 0 spiro atoms. The van der Waals surface area contributed by atoms with Crippen molar-refractivity contribution >= 4 is 55.7 Å². The molecule has 16 heteroatoms. The van der Waals surface area contributed by atoms with Crippen LogP contribution >= 0.6 is 11.3 Å². The molecule has 5 atom stereocenters. The van der Waals surface area contributed by atoms with Gasteiger partial charge in [0.05, 0.1) is 24.4 Å². The standard InChI is InChI=1S/C41H45FN6O7S2/c1-24-34(54-2)17-16-30-35(21-32(45-36(24)30)38-43-18-19-56-38)55-28-20-33-37(49)46-41(40(51)47-57(52,53)29-14-15-29)22-25(41)8-6-4-3-5-7-9-31(39(50)48(33)23-28)44-27-12-10-26(42)11-13-27/h6,8,10-13,16-19,21,25,28-29,31,33,44H,3-5,7,9,14-15,20,22-23H2,1-2H3,(H,46,49)(H,47,51)/t25-,28-,31+,33+,41-/m1/s1. The van der Waals surface area contributed by atoms with Gasteiger partial charge in [-0.25, -0.2) is 22.8 Å². The molecule has 3 amide bonds. The molecule has 3 fully saturated rings. The fraction of sp³-hybridized carbons (Fsp3) is 0.439. The Balaban J connectivity index is 1.14. The minimum absolute atomic E-state index is 0.0443. The zero-order valence-electron chi connectivity index (χ0n) is 31.7. The molecule has 0 bridgehead atoms. The Bertz CT molecular complexity index is 2320. The van der Waals surface area contributed by atoms with E-state index < -0.39 is 62.5 Å². The molecular formula is C41H45FN6O7S2. The van der Waals surface area contributed by atoms with Crippen LogP contribution in [-0.2, 0) is 24.4 Å². The van der Waals surface area contributed by atoms with E-state index in [0.29, 0.717) is 64.5 Å². The van der Waals surface area contributed by atoms with Gasteiger partial charge in [-0.2, -0.15) is 0 Å². The SMILES string of the molecule is COc1ccc2c(O[C@@H]3C[C@H]4C(=O)N[C@]5(C(=O)NS(=O)(=O)C6CC6)C[C@H]5C=CCCCCC[C@H](Nc5ccc(F)cc5)C(=O)N4C3)cc(-c3nccs3)nc2c1C. The number of benzene rings is 2. The average Bonchev–Trinajstić information content (AvgIpc) is 4.06. The Labute approximate surface area is 334 Å². The van der Waals surface area contributed by atoms with Gasteiger partial charge < -0.3 is 25.0 Å². The topological polar surface area (TPSA) is 169 Å². The first-order valence-electron chi connectivity index (χ1n) is 19.4. The van der Waals surface area contributed by atoms with Crippen LogP contribution < -0.4 is 24.8 Å². The summed E-state index contributed by atoms with van der Waals surface area (Å²) in [7, 11) is -2.30. The van der Waals surface area contributed by atoms with Crippen molar-refractivity contribution in [3.63, 3.8) is 0 Å². The molecule has 8 rings (SSSR count). The number of sulfonamides is 1. The number of carbonyl (C=O) groups excluding carboxylic acids is 3. The summed E-state index contributed by atoms with van der Waals surface area (Å²) in [6.07, 6.45) is 9.70. The number of allylic oxidation sites excluding steroid dienone is 1. The van der Waals surface area contributed by atoms with Crippen molar-refractivity contribution in [3.8, 4) is 22.2 Å². The van der Waals surface area contributed by atoms with Gasteiger partial charge in [0.2, 0.25) is 21.8 Å². The largest absolute Gasteiger partial charge is 0.496 e. The Kier molecular flexibility index (Phi) is 10.7. The molecule has 2 aromatic carbocycles. The molecule has 57 heavy (non-hydrogen) atoms. The van der Waals surface area contributed by atoms with Crippen LogP contribution in [0.5, 0.6) is 11.5 Å². The lowest BCUT2D eigenvalue weighted by molar-refractivity contribution is -0.140. The second-order valence-electron chi connectivity index (χ2n) is 15.3. The van der Waals surface area contributed by atoms with Gasteiger partial charge in [0, 0.05) is 46.6 Å². The molecule has 2 aromatic heterocycles. The highest BCUT2D eigenvalue weighted by Gasteiger charge is 2.62. The highest BCUT2D eigenvalue weighted by molar-refractivity contribution is 7.91. The minimum atomic E-state index is -3.89. The lowest BCUT2D eigenvalue weighted by Crippen LogP contribution is -2.57. The number of ether oxygens (including phenoxy) is 2. The predicted octanol–water partition coefficient (Wildman–Crippen LogP) is 5.65. The predicted molar refractivity (Wildman–Crippen MR) is 214 cm³/mol. The van der Waals surface area contributed by atoms with E-state index in [0.717, 1.165) is 24.8 Å². The smallest absolute Gasteiger partial charge is 0.259 e. The van der Waals surface area contributed by atoms with Crippen LogP contribution in [0.25, 0.3) is 21.6 Å². The summed E-state index contributed by atoms with van der Waals surface area (Å²) in [5.74, 6) is -1.38. The Morgan fingerprint density at radius 1 is 1.07 bits per heavy atom. The lowest BCUT2D eigenvalue weighted by atomic mass is 10.0. The summed E-state index contributed by atoms with van der Waals surface area (Å²) in [6.45, 7) is 1.96. The van der Waals surface area contributed by atoms with Gasteiger partial charge in [0.1, 0.15) is 51.7 Å². The molecule has 2 aliphatic heterocycles. The van der Waals surface area contributed by atoms with Crippen LogP contribution in [-0.4, -0.2) is 83.6 Å². The van der Waals surface area contributed by atoms with Crippen LogP contribution in [0.2, 0.25) is 0 Å². The highest BCUT2D eigenvalue weighted by Crippen LogP contribution is 2.46. The van der Waals surface area contributed by atoms with Gasteiger partial charge in [0.25, 0.3) is 5.91 Å². The van der Waals surface area contributed by atoms with Crippen molar-refractivity contribution in [1.82, 2.24) is 24.9 Å². The molecule has 1 saturated heterocycles. The van der Waals surface area contributed by atoms with Crippen molar-refractivity contribution in [1.29, 1.82) is 0 Å². The summed E-state index contributed by atoms with van der Waals surface area (Å²) in [5, 5.41) is 8.86. The molecule has 2 saturated carbocycles. The van der Waals surface area contributed by atoms with E-state index in [2.05, 4.69) is 20.3 Å². The summed E-state index contributed by atoms with van der Waals surface area (Å²) < 4.78 is 54.3. The number of thiazole rings is 1. The number of hydrogen-bond acceptors (Lipinski definition) is 11. The fourth-order valence-electron chi connectivity index (χ4n) is 7.93. The molecule has 2 aliphatic carbocycles. The number of carbonyl (C=O) groups is 3. The summed E-state index contributed by atoms with van der Waals surface area (Å²) in [4.78, 5) is 54.0. The number of anilines is 1. The number of hydrogen-bond donors (Lipinski definition) is 3. The Morgan fingerprint density at radius 2 is 1.88 bits per heavy atom. The third-order valence-corrected chi connectivity index (χ3v) is 14.0. The zero-order chi connectivity index (χ0) is 39.9. The van der Waals surface area contributed by atoms with Crippen molar-refractivity contribution in [2.75, 3.05) is 19.0 Å². The molecule has 4 aliphatic rings. The number of nitrogens with one attached hydrogen (secondary N) is 3. The monoisotopic (exact) mass is 816 g/mol. The Hall–Kier alpha value is -5.09. The maximum atomic E-state index is 14.7. The lowest BCUT2D eigenvalue weighted by Gasteiger charge is -2.30. The van der Waals surface area contributed by atoms with E-state index in [1.54, 1.807) is 25.4 Å². The quantitative estimate of drug-likeness (QED) is 0.180. The first-order valence-corrected chi connectivity index (χ1v) is 21.8.